The summed E-state index contributed by atoms with van der Waals surface area (Å²) in [6.07, 6.45) is 0. The summed E-state index contributed by atoms with van der Waals surface area (Å²) in [5.74, 6) is 0. The fourth-order valence-electron chi connectivity index (χ4n) is 1.40. The van der Waals surface area contributed by atoms with E-state index in [0.717, 1.165) is 10.2 Å². The number of aryl methyl sites for hydroxylation is 1. The summed E-state index contributed by atoms with van der Waals surface area (Å²) in [4.78, 5) is 0. The van der Waals surface area contributed by atoms with Crippen LogP contribution in [-0.4, -0.2) is 24.9 Å². The van der Waals surface area contributed by atoms with Crippen LogP contribution in [0, 0.1) is 6.92 Å². The van der Waals surface area contributed by atoms with Crippen molar-refractivity contribution in [3.63, 3.8) is 0 Å². The van der Waals surface area contributed by atoms with Gasteiger partial charge < -0.3 is 15.4 Å². The van der Waals surface area contributed by atoms with E-state index in [0.29, 0.717) is 11.7 Å². The number of halogens is 1. The minimum Gasteiger partial charge on any atom is -0.383 e. The highest BCUT2D eigenvalue weighted by Crippen LogP contribution is 2.23. The molecule has 0 fully saturated rings. The number of hydrogen-bond acceptors (Lipinski definition) is 2. The molecule has 0 aromatic heterocycles. The van der Waals surface area contributed by atoms with E-state index in [1.165, 1.54) is 5.56 Å². The van der Waals surface area contributed by atoms with Crippen molar-refractivity contribution >= 4 is 38.9 Å². The van der Waals surface area contributed by atoms with Crippen molar-refractivity contribution in [3.05, 3.63) is 28.2 Å². The molecule has 1 atom stereocenters. The monoisotopic (exact) mass is 316 g/mol. The van der Waals surface area contributed by atoms with Crippen molar-refractivity contribution in [3.8, 4) is 0 Å². The molecule has 0 saturated carbocycles. The highest BCUT2D eigenvalue weighted by atomic mass is 79.9. The van der Waals surface area contributed by atoms with Crippen LogP contribution in [0.1, 0.15) is 12.5 Å². The molecule has 0 heterocycles. The maximum absolute atomic E-state index is 5.22. The van der Waals surface area contributed by atoms with E-state index >= 15 is 0 Å². The van der Waals surface area contributed by atoms with Crippen molar-refractivity contribution in [2.75, 3.05) is 19.0 Å². The van der Waals surface area contributed by atoms with E-state index in [-0.39, 0.29) is 6.04 Å². The average molecular weight is 317 g/mol. The average Bonchev–Trinajstić information content (AvgIpc) is 2.22. The van der Waals surface area contributed by atoms with Crippen LogP contribution >= 0.6 is 28.1 Å². The van der Waals surface area contributed by atoms with Crippen molar-refractivity contribution in [1.82, 2.24) is 5.32 Å². The summed E-state index contributed by atoms with van der Waals surface area (Å²) < 4.78 is 6.04. The molecule has 1 aromatic carbocycles. The lowest BCUT2D eigenvalue weighted by atomic mass is 10.2. The van der Waals surface area contributed by atoms with Gasteiger partial charge in [-0.2, -0.15) is 0 Å². The summed E-state index contributed by atoms with van der Waals surface area (Å²) >= 11 is 8.72. The fraction of sp³-hybridized carbons (Fsp3) is 0.417. The molecule has 5 heteroatoms. The highest BCUT2D eigenvalue weighted by molar-refractivity contribution is 9.10. The summed E-state index contributed by atoms with van der Waals surface area (Å²) in [5.41, 5.74) is 2.16. The Morgan fingerprint density at radius 2 is 2.24 bits per heavy atom. The number of anilines is 1. The lowest BCUT2D eigenvalue weighted by Crippen LogP contribution is -2.38. The van der Waals surface area contributed by atoms with E-state index in [4.69, 9.17) is 17.0 Å². The smallest absolute Gasteiger partial charge is 0.171 e. The summed E-state index contributed by atoms with van der Waals surface area (Å²) in [5, 5.41) is 6.89. The van der Waals surface area contributed by atoms with Gasteiger partial charge in [-0.3, -0.25) is 0 Å². The van der Waals surface area contributed by atoms with Gasteiger partial charge >= 0.3 is 0 Å². The molecule has 94 valence electrons. The maximum Gasteiger partial charge on any atom is 0.171 e. The summed E-state index contributed by atoms with van der Waals surface area (Å²) in [6, 6.07) is 6.26. The van der Waals surface area contributed by atoms with E-state index < -0.39 is 0 Å². The Hall–Kier alpha value is -0.650. The molecule has 0 aliphatic rings. The minimum atomic E-state index is 0.184. The molecule has 0 aliphatic carbocycles. The van der Waals surface area contributed by atoms with Crippen LogP contribution in [0.2, 0.25) is 0 Å². The third-order valence-corrected chi connectivity index (χ3v) is 3.04. The van der Waals surface area contributed by atoms with Gasteiger partial charge in [0.2, 0.25) is 0 Å². The van der Waals surface area contributed by atoms with Gasteiger partial charge in [-0.25, -0.2) is 0 Å². The maximum atomic E-state index is 5.22. The van der Waals surface area contributed by atoms with Gasteiger partial charge in [0.15, 0.2) is 5.11 Å². The van der Waals surface area contributed by atoms with Crippen molar-refractivity contribution in [2.24, 2.45) is 0 Å². The number of methoxy groups -OCH3 is 1. The van der Waals surface area contributed by atoms with Crippen molar-refractivity contribution < 1.29 is 4.74 Å². The first kappa shape index (κ1) is 14.4. The Morgan fingerprint density at radius 3 is 2.82 bits per heavy atom. The molecule has 0 aliphatic heterocycles. The molecule has 0 saturated heterocycles. The van der Waals surface area contributed by atoms with Crippen LogP contribution in [0.25, 0.3) is 0 Å². The summed E-state index contributed by atoms with van der Waals surface area (Å²) in [6.45, 7) is 4.68. The van der Waals surface area contributed by atoms with Gasteiger partial charge in [0, 0.05) is 17.6 Å². The highest BCUT2D eigenvalue weighted by Gasteiger charge is 2.05. The molecule has 17 heavy (non-hydrogen) atoms. The lowest BCUT2D eigenvalue weighted by molar-refractivity contribution is 0.179. The van der Waals surface area contributed by atoms with E-state index in [1.54, 1.807) is 7.11 Å². The third-order valence-electron chi connectivity index (χ3n) is 2.17. The molecule has 3 nitrogen and oxygen atoms in total. The van der Waals surface area contributed by atoms with E-state index in [9.17, 15) is 0 Å². The van der Waals surface area contributed by atoms with Gasteiger partial charge in [-0.15, -0.1) is 0 Å². The van der Waals surface area contributed by atoms with Gasteiger partial charge in [-0.1, -0.05) is 6.07 Å². The second-order valence-corrected chi connectivity index (χ2v) is 5.20. The topological polar surface area (TPSA) is 33.3 Å². The number of nitrogens with one attached hydrogen (secondary N) is 2. The largest absolute Gasteiger partial charge is 0.383 e. The number of benzene rings is 1. The molecular formula is C12H17BrN2OS. The molecule has 0 bridgehead atoms. The van der Waals surface area contributed by atoms with Gasteiger partial charge in [0.25, 0.3) is 0 Å². The number of rotatable bonds is 4. The Balaban J connectivity index is 2.56. The lowest BCUT2D eigenvalue weighted by Gasteiger charge is -2.17. The zero-order valence-electron chi connectivity index (χ0n) is 10.2. The Labute approximate surface area is 116 Å². The number of hydrogen-bond donors (Lipinski definition) is 2. The van der Waals surface area contributed by atoms with Crippen molar-refractivity contribution in [1.29, 1.82) is 0 Å². The Kier molecular flexibility index (Phi) is 5.88. The first-order chi connectivity index (χ1) is 8.02. The minimum absolute atomic E-state index is 0.184. The molecule has 1 unspecified atom stereocenters. The first-order valence-electron chi connectivity index (χ1n) is 5.35. The van der Waals surface area contributed by atoms with Gasteiger partial charge in [0.05, 0.1) is 12.3 Å². The predicted octanol–water partition coefficient (Wildman–Crippen LogP) is 3.08. The van der Waals surface area contributed by atoms with Crippen LogP contribution < -0.4 is 10.6 Å². The molecule has 0 radical (unpaired) electrons. The Morgan fingerprint density at radius 1 is 1.53 bits per heavy atom. The summed E-state index contributed by atoms with van der Waals surface area (Å²) in [7, 11) is 1.67. The zero-order valence-corrected chi connectivity index (χ0v) is 12.6. The van der Waals surface area contributed by atoms with Gasteiger partial charge in [-0.05, 0) is 59.7 Å². The van der Waals surface area contributed by atoms with Crippen LogP contribution in [0.4, 0.5) is 5.69 Å². The normalized spacial score (nSPS) is 12.0. The quantitative estimate of drug-likeness (QED) is 0.836. The number of ether oxygens (including phenoxy) is 1. The molecule has 0 spiro atoms. The Bertz CT molecular complexity index is 398. The van der Waals surface area contributed by atoms with Gasteiger partial charge in [0.1, 0.15) is 0 Å². The molecule has 1 aromatic rings. The predicted molar refractivity (Wildman–Crippen MR) is 79.6 cm³/mol. The molecule has 2 N–H and O–H groups in total. The van der Waals surface area contributed by atoms with Crippen LogP contribution in [0.5, 0.6) is 0 Å². The molecular weight excluding hydrogens is 300 g/mol. The number of thiocarbonyl (C=S) groups is 1. The van der Waals surface area contributed by atoms with E-state index in [1.807, 2.05) is 32.0 Å². The SMILES string of the molecule is COCC(C)NC(=S)Nc1ccc(C)cc1Br. The molecule has 0 amide bonds. The fourth-order valence-corrected chi connectivity index (χ4v) is 2.30. The standard InChI is InChI=1S/C12H17BrN2OS/c1-8-4-5-11(10(13)6-8)15-12(17)14-9(2)7-16-3/h4-6,9H,7H2,1-3H3,(H2,14,15,17). The third kappa shape index (κ3) is 5.02. The zero-order chi connectivity index (χ0) is 12.8. The molecule has 1 rings (SSSR count). The van der Waals surface area contributed by atoms with Crippen LogP contribution in [0.3, 0.4) is 0 Å². The second-order valence-electron chi connectivity index (χ2n) is 3.94. The van der Waals surface area contributed by atoms with Crippen LogP contribution in [0.15, 0.2) is 22.7 Å². The van der Waals surface area contributed by atoms with Crippen molar-refractivity contribution in [2.45, 2.75) is 19.9 Å². The van der Waals surface area contributed by atoms with E-state index in [2.05, 4.69) is 26.6 Å². The first-order valence-corrected chi connectivity index (χ1v) is 6.55. The second kappa shape index (κ2) is 6.93. The van der Waals surface area contributed by atoms with Crippen LogP contribution in [-0.2, 0) is 4.74 Å².